The molecule has 1 aliphatic carbocycles. The van der Waals surface area contributed by atoms with Gasteiger partial charge in [-0.3, -0.25) is 14.2 Å². The molecule has 1 amide bonds. The molecule has 0 spiro atoms. The number of carbonyl (C=O) groups excluding carboxylic acids is 1. The van der Waals surface area contributed by atoms with Crippen molar-refractivity contribution < 1.29 is 9.21 Å². The first-order chi connectivity index (χ1) is 15.4. The van der Waals surface area contributed by atoms with Crippen molar-refractivity contribution in [1.29, 1.82) is 0 Å². The summed E-state index contributed by atoms with van der Waals surface area (Å²) in [5.41, 5.74) is 1.35. The quantitative estimate of drug-likeness (QED) is 0.421. The summed E-state index contributed by atoms with van der Waals surface area (Å²) >= 11 is 0. The van der Waals surface area contributed by atoms with Crippen LogP contribution in [-0.2, 0) is 0 Å². The fourth-order valence-corrected chi connectivity index (χ4v) is 3.49. The van der Waals surface area contributed by atoms with Gasteiger partial charge in [0.05, 0.1) is 6.20 Å². The third kappa shape index (κ3) is 3.47. The number of amides is 1. The van der Waals surface area contributed by atoms with Crippen molar-refractivity contribution in [2.24, 2.45) is 0 Å². The molecule has 0 unspecified atom stereocenters. The molecule has 11 heteroatoms. The lowest BCUT2D eigenvalue weighted by molar-refractivity contribution is 0.0952. The van der Waals surface area contributed by atoms with E-state index in [1.165, 1.54) is 10.8 Å². The van der Waals surface area contributed by atoms with Gasteiger partial charge >= 0.3 is 0 Å². The van der Waals surface area contributed by atoms with E-state index >= 15 is 0 Å². The number of rotatable bonds is 6. The van der Waals surface area contributed by atoms with Crippen molar-refractivity contribution in [2.75, 3.05) is 17.7 Å². The van der Waals surface area contributed by atoms with Crippen LogP contribution in [0.5, 0.6) is 0 Å². The van der Waals surface area contributed by atoms with E-state index in [0.29, 0.717) is 46.0 Å². The lowest BCUT2D eigenvalue weighted by Gasteiger charge is -2.11. The molecule has 0 saturated heterocycles. The molecule has 4 aromatic rings. The molecule has 11 nitrogen and oxygen atoms in total. The van der Waals surface area contributed by atoms with Crippen LogP contribution in [0.25, 0.3) is 11.5 Å². The first kappa shape index (κ1) is 19.8. The maximum Gasteiger partial charge on any atom is 0.281 e. The van der Waals surface area contributed by atoms with Gasteiger partial charge in [0.15, 0.2) is 11.5 Å². The number of anilines is 3. The molecular formula is C21H22N8O3. The highest BCUT2D eigenvalue weighted by Crippen LogP contribution is 2.23. The average Bonchev–Trinajstić information content (AvgIpc) is 3.37. The van der Waals surface area contributed by atoms with Gasteiger partial charge < -0.3 is 20.4 Å². The Bertz CT molecular complexity index is 1400. The highest BCUT2D eigenvalue weighted by atomic mass is 16.4. The molecule has 5 rings (SSSR count). The van der Waals surface area contributed by atoms with Gasteiger partial charge in [-0.1, -0.05) is 0 Å². The van der Waals surface area contributed by atoms with Crippen LogP contribution in [0.4, 0.5) is 17.3 Å². The molecule has 0 aromatic carbocycles. The number of aromatic nitrogens is 5. The highest BCUT2D eigenvalue weighted by molar-refractivity contribution is 6.00. The minimum atomic E-state index is -0.320. The van der Waals surface area contributed by atoms with Crippen LogP contribution < -0.4 is 21.5 Å². The van der Waals surface area contributed by atoms with E-state index in [2.05, 4.69) is 31.0 Å². The van der Waals surface area contributed by atoms with E-state index in [-0.39, 0.29) is 17.5 Å². The molecule has 1 saturated carbocycles. The van der Waals surface area contributed by atoms with Gasteiger partial charge in [-0.25, -0.2) is 9.97 Å². The minimum Gasteiger partial charge on any atom is -0.424 e. The Morgan fingerprint density at radius 2 is 2.06 bits per heavy atom. The Balaban J connectivity index is 1.54. The Labute approximate surface area is 182 Å². The number of aryl methyl sites for hydroxylation is 2. The number of fused-ring (bicyclic) bond motifs is 1. The molecule has 4 aromatic heterocycles. The van der Waals surface area contributed by atoms with Crippen LogP contribution in [0.15, 0.2) is 39.8 Å². The lowest BCUT2D eigenvalue weighted by atomic mass is 10.3. The van der Waals surface area contributed by atoms with Gasteiger partial charge in [0.25, 0.3) is 11.5 Å². The zero-order chi connectivity index (χ0) is 22.4. The number of hydrogen-bond donors (Lipinski definition) is 3. The maximum absolute atomic E-state index is 13.1. The third-order valence-electron chi connectivity index (χ3n) is 5.19. The van der Waals surface area contributed by atoms with Crippen LogP contribution >= 0.6 is 0 Å². The molecule has 0 atom stereocenters. The molecule has 1 fully saturated rings. The number of pyridine rings is 1. The Morgan fingerprint density at radius 3 is 2.75 bits per heavy atom. The zero-order valence-corrected chi connectivity index (χ0v) is 17.8. The summed E-state index contributed by atoms with van der Waals surface area (Å²) in [5, 5.41) is 13.4. The largest absolute Gasteiger partial charge is 0.424 e. The third-order valence-corrected chi connectivity index (χ3v) is 5.19. The predicted octanol–water partition coefficient (Wildman–Crippen LogP) is 2.16. The van der Waals surface area contributed by atoms with E-state index in [1.807, 2.05) is 0 Å². The fraction of sp³-hybridized carbons (Fsp3) is 0.286. The van der Waals surface area contributed by atoms with Crippen molar-refractivity contribution in [2.45, 2.75) is 32.7 Å². The Hall–Kier alpha value is -4.15. The molecule has 4 heterocycles. The molecule has 32 heavy (non-hydrogen) atoms. The van der Waals surface area contributed by atoms with E-state index < -0.39 is 0 Å². The molecule has 0 radical (unpaired) electrons. The second-order valence-electron chi connectivity index (χ2n) is 7.66. The van der Waals surface area contributed by atoms with Gasteiger partial charge in [-0.05, 0) is 31.9 Å². The zero-order valence-electron chi connectivity index (χ0n) is 17.8. The van der Waals surface area contributed by atoms with Gasteiger partial charge in [0.1, 0.15) is 28.6 Å². The van der Waals surface area contributed by atoms with Gasteiger partial charge in [0, 0.05) is 32.3 Å². The highest BCUT2D eigenvalue weighted by Gasteiger charge is 2.26. The standard InChI is InChI=1S/C21H22N8O3/c1-11-21(32-12(2)24-11)28-8-4-5-15(20(28)31)26-16-9-17(22-3)29-18(27-16)14(10-23-29)19(30)25-13-6-7-13/h4-5,8-10,13,22H,6-7H2,1-3H3,(H,25,30)(H,26,27). The van der Waals surface area contributed by atoms with Crippen molar-refractivity contribution in [3.8, 4) is 5.88 Å². The van der Waals surface area contributed by atoms with E-state index in [1.54, 1.807) is 49.8 Å². The molecular weight excluding hydrogens is 412 g/mol. The summed E-state index contributed by atoms with van der Waals surface area (Å²) in [6.07, 6.45) is 5.08. The van der Waals surface area contributed by atoms with Gasteiger partial charge in [0.2, 0.25) is 5.88 Å². The monoisotopic (exact) mass is 434 g/mol. The van der Waals surface area contributed by atoms with Crippen molar-refractivity contribution >= 4 is 28.9 Å². The number of nitrogens with one attached hydrogen (secondary N) is 3. The second kappa shape index (κ2) is 7.52. The van der Waals surface area contributed by atoms with Crippen molar-refractivity contribution in [3.63, 3.8) is 0 Å². The van der Waals surface area contributed by atoms with Crippen molar-refractivity contribution in [3.05, 3.63) is 58.1 Å². The van der Waals surface area contributed by atoms with E-state index in [9.17, 15) is 9.59 Å². The first-order valence-corrected chi connectivity index (χ1v) is 10.2. The summed E-state index contributed by atoms with van der Waals surface area (Å²) in [6.45, 7) is 3.51. The summed E-state index contributed by atoms with van der Waals surface area (Å²) < 4.78 is 8.54. The van der Waals surface area contributed by atoms with Gasteiger partial charge in [-0.15, -0.1) is 0 Å². The van der Waals surface area contributed by atoms with Gasteiger partial charge in [-0.2, -0.15) is 9.61 Å². The molecule has 3 N–H and O–H groups in total. The average molecular weight is 434 g/mol. The van der Waals surface area contributed by atoms with E-state index in [4.69, 9.17) is 4.42 Å². The normalized spacial score (nSPS) is 13.3. The SMILES string of the molecule is CNc1cc(Nc2cccn(-c3oc(C)nc3C)c2=O)nc2c(C(=O)NC3CC3)cnn12. The van der Waals surface area contributed by atoms with Crippen LogP contribution in [0, 0.1) is 13.8 Å². The second-order valence-corrected chi connectivity index (χ2v) is 7.66. The Morgan fingerprint density at radius 1 is 1.25 bits per heavy atom. The van der Waals surface area contributed by atoms with Crippen molar-refractivity contribution in [1.82, 2.24) is 29.5 Å². The fourth-order valence-electron chi connectivity index (χ4n) is 3.49. The van der Waals surface area contributed by atoms with Crippen LogP contribution in [0.3, 0.4) is 0 Å². The summed E-state index contributed by atoms with van der Waals surface area (Å²) in [6, 6.07) is 5.31. The summed E-state index contributed by atoms with van der Waals surface area (Å²) in [4.78, 5) is 34.5. The number of oxazole rings is 1. The van der Waals surface area contributed by atoms with Crippen LogP contribution in [-0.4, -0.2) is 43.1 Å². The predicted molar refractivity (Wildman–Crippen MR) is 118 cm³/mol. The minimum absolute atomic E-state index is 0.215. The molecule has 0 aliphatic heterocycles. The summed E-state index contributed by atoms with van der Waals surface area (Å²) in [7, 11) is 1.74. The number of hydrogen-bond acceptors (Lipinski definition) is 8. The molecule has 0 bridgehead atoms. The maximum atomic E-state index is 13.1. The Kier molecular flexibility index (Phi) is 4.65. The van der Waals surface area contributed by atoms with Crippen LogP contribution in [0.2, 0.25) is 0 Å². The molecule has 1 aliphatic rings. The van der Waals surface area contributed by atoms with Crippen LogP contribution in [0.1, 0.15) is 34.8 Å². The molecule has 164 valence electrons. The smallest absolute Gasteiger partial charge is 0.281 e. The topological polar surface area (TPSA) is 131 Å². The number of carbonyl (C=O) groups is 1. The first-order valence-electron chi connectivity index (χ1n) is 10.2. The summed E-state index contributed by atoms with van der Waals surface area (Å²) in [5.74, 6) is 1.63. The van der Waals surface area contributed by atoms with E-state index in [0.717, 1.165) is 12.8 Å². The number of nitrogens with zero attached hydrogens (tertiary/aromatic N) is 5. The lowest BCUT2D eigenvalue weighted by Crippen LogP contribution is -2.25.